The van der Waals surface area contributed by atoms with Gasteiger partial charge in [0.05, 0.1) is 30.7 Å². The molecule has 27 heavy (non-hydrogen) atoms. The Labute approximate surface area is 158 Å². The molecule has 0 radical (unpaired) electrons. The van der Waals surface area contributed by atoms with Gasteiger partial charge in [-0.3, -0.25) is 4.98 Å². The maximum atomic E-state index is 12.6. The van der Waals surface area contributed by atoms with Crippen LogP contribution in [0.3, 0.4) is 0 Å². The van der Waals surface area contributed by atoms with E-state index in [1.165, 1.54) is 12.8 Å². The SMILES string of the molecule is Cc1cncc(NC(=O)N2CCO[C@H](c3ccnc(N4CCCC4)n3)C2)c1. The van der Waals surface area contributed by atoms with Crippen molar-refractivity contribution in [2.24, 2.45) is 0 Å². The molecule has 1 atom stereocenters. The van der Waals surface area contributed by atoms with E-state index in [0.29, 0.717) is 25.4 Å². The molecule has 1 N–H and O–H groups in total. The first-order chi connectivity index (χ1) is 13.2. The van der Waals surface area contributed by atoms with Crippen molar-refractivity contribution < 1.29 is 9.53 Å². The predicted molar refractivity (Wildman–Crippen MR) is 102 cm³/mol. The first-order valence-electron chi connectivity index (χ1n) is 9.36. The highest BCUT2D eigenvalue weighted by Gasteiger charge is 2.27. The summed E-state index contributed by atoms with van der Waals surface area (Å²) >= 11 is 0. The second kappa shape index (κ2) is 7.87. The van der Waals surface area contributed by atoms with Gasteiger partial charge in [0.15, 0.2) is 0 Å². The van der Waals surface area contributed by atoms with Crippen LogP contribution in [0.15, 0.2) is 30.7 Å². The molecule has 0 saturated carbocycles. The van der Waals surface area contributed by atoms with E-state index in [-0.39, 0.29) is 12.1 Å². The first kappa shape index (κ1) is 17.7. The molecule has 0 bridgehead atoms. The Morgan fingerprint density at radius 2 is 2.11 bits per heavy atom. The third-order valence-corrected chi connectivity index (χ3v) is 4.86. The molecule has 2 saturated heterocycles. The number of carbonyl (C=O) groups is 1. The molecule has 0 aromatic carbocycles. The third kappa shape index (κ3) is 4.16. The van der Waals surface area contributed by atoms with Gasteiger partial charge < -0.3 is 19.9 Å². The van der Waals surface area contributed by atoms with Crippen molar-refractivity contribution >= 4 is 17.7 Å². The number of rotatable bonds is 3. The number of morpholine rings is 1. The highest BCUT2D eigenvalue weighted by Crippen LogP contribution is 2.23. The van der Waals surface area contributed by atoms with Gasteiger partial charge in [-0.2, -0.15) is 0 Å². The number of ether oxygens (including phenoxy) is 1. The van der Waals surface area contributed by atoms with Crippen molar-refractivity contribution in [3.63, 3.8) is 0 Å². The quantitative estimate of drug-likeness (QED) is 0.896. The fourth-order valence-electron chi connectivity index (χ4n) is 3.45. The zero-order valence-electron chi connectivity index (χ0n) is 15.5. The average molecular weight is 368 g/mol. The summed E-state index contributed by atoms with van der Waals surface area (Å²) in [5, 5.41) is 2.91. The normalized spacial score (nSPS) is 20.0. The van der Waals surface area contributed by atoms with E-state index in [1.807, 2.05) is 19.1 Å². The highest BCUT2D eigenvalue weighted by molar-refractivity contribution is 5.89. The summed E-state index contributed by atoms with van der Waals surface area (Å²) in [6.07, 6.45) is 7.29. The summed E-state index contributed by atoms with van der Waals surface area (Å²) in [4.78, 5) is 29.8. The van der Waals surface area contributed by atoms with Gasteiger partial charge in [-0.05, 0) is 37.5 Å². The van der Waals surface area contributed by atoms with Crippen molar-refractivity contribution in [2.75, 3.05) is 43.0 Å². The summed E-state index contributed by atoms with van der Waals surface area (Å²) in [5.41, 5.74) is 2.52. The van der Waals surface area contributed by atoms with Crippen molar-refractivity contribution in [1.29, 1.82) is 0 Å². The topological polar surface area (TPSA) is 83.5 Å². The number of nitrogens with one attached hydrogen (secondary N) is 1. The Morgan fingerprint density at radius 1 is 1.26 bits per heavy atom. The van der Waals surface area contributed by atoms with E-state index < -0.39 is 0 Å². The van der Waals surface area contributed by atoms with E-state index in [9.17, 15) is 4.79 Å². The number of aromatic nitrogens is 3. The third-order valence-electron chi connectivity index (χ3n) is 4.86. The van der Waals surface area contributed by atoms with Gasteiger partial charge in [0.2, 0.25) is 5.95 Å². The number of aryl methyl sites for hydroxylation is 1. The summed E-state index contributed by atoms with van der Waals surface area (Å²) in [5.74, 6) is 0.751. The zero-order valence-corrected chi connectivity index (χ0v) is 15.5. The molecule has 0 spiro atoms. The fourth-order valence-corrected chi connectivity index (χ4v) is 3.45. The zero-order chi connectivity index (χ0) is 18.6. The summed E-state index contributed by atoms with van der Waals surface area (Å²) in [6, 6.07) is 3.62. The Morgan fingerprint density at radius 3 is 2.93 bits per heavy atom. The second-order valence-corrected chi connectivity index (χ2v) is 6.96. The molecule has 0 aliphatic carbocycles. The summed E-state index contributed by atoms with van der Waals surface area (Å²) < 4.78 is 5.89. The van der Waals surface area contributed by atoms with E-state index in [0.717, 1.165) is 30.3 Å². The number of amides is 2. The number of carbonyl (C=O) groups excluding carboxylic acids is 1. The summed E-state index contributed by atoms with van der Waals surface area (Å²) in [7, 11) is 0. The van der Waals surface area contributed by atoms with Crippen LogP contribution in [0.1, 0.15) is 30.2 Å². The fraction of sp³-hybridized carbons (Fsp3) is 0.474. The average Bonchev–Trinajstić information content (AvgIpc) is 3.23. The lowest BCUT2D eigenvalue weighted by Gasteiger charge is -2.32. The van der Waals surface area contributed by atoms with Gasteiger partial charge in [0.25, 0.3) is 0 Å². The minimum atomic E-state index is -0.246. The van der Waals surface area contributed by atoms with Gasteiger partial charge in [0, 0.05) is 32.0 Å². The van der Waals surface area contributed by atoms with E-state index in [4.69, 9.17) is 4.74 Å². The lowest BCUT2D eigenvalue weighted by molar-refractivity contribution is -0.0157. The molecule has 2 fully saturated rings. The van der Waals surface area contributed by atoms with Gasteiger partial charge >= 0.3 is 6.03 Å². The van der Waals surface area contributed by atoms with Crippen molar-refractivity contribution in [1.82, 2.24) is 19.9 Å². The number of nitrogens with zero attached hydrogens (tertiary/aromatic N) is 5. The van der Waals surface area contributed by atoms with Crippen molar-refractivity contribution in [3.05, 3.63) is 42.0 Å². The molecular weight excluding hydrogens is 344 g/mol. The predicted octanol–water partition coefficient (Wildman–Crippen LogP) is 2.39. The molecule has 2 aromatic heterocycles. The van der Waals surface area contributed by atoms with Crippen LogP contribution in [-0.4, -0.2) is 58.7 Å². The second-order valence-electron chi connectivity index (χ2n) is 6.96. The molecule has 2 aliphatic rings. The van der Waals surface area contributed by atoms with Crippen LogP contribution in [0.25, 0.3) is 0 Å². The van der Waals surface area contributed by atoms with Crippen LogP contribution in [0.4, 0.5) is 16.4 Å². The van der Waals surface area contributed by atoms with Gasteiger partial charge in [-0.15, -0.1) is 0 Å². The Bertz CT molecular complexity index is 808. The standard InChI is InChI=1S/C19H24N6O2/c1-14-10-15(12-20-11-14)22-19(26)25-8-9-27-17(13-25)16-4-5-21-18(23-16)24-6-2-3-7-24/h4-5,10-12,17H,2-3,6-9,13H2,1H3,(H,22,26)/t17-/m0/s1. The van der Waals surface area contributed by atoms with Crippen molar-refractivity contribution in [2.45, 2.75) is 25.9 Å². The molecule has 2 amide bonds. The smallest absolute Gasteiger partial charge is 0.322 e. The number of pyridine rings is 1. The number of hydrogen-bond donors (Lipinski definition) is 1. The first-order valence-corrected chi connectivity index (χ1v) is 9.36. The van der Waals surface area contributed by atoms with Crippen LogP contribution < -0.4 is 10.2 Å². The van der Waals surface area contributed by atoms with Crippen LogP contribution in [0.5, 0.6) is 0 Å². The highest BCUT2D eigenvalue weighted by atomic mass is 16.5. The summed E-state index contributed by atoms with van der Waals surface area (Å²) in [6.45, 7) is 5.42. The van der Waals surface area contributed by atoms with Crippen LogP contribution in [0, 0.1) is 6.92 Å². The monoisotopic (exact) mass is 368 g/mol. The van der Waals surface area contributed by atoms with Gasteiger partial charge in [-0.1, -0.05) is 0 Å². The van der Waals surface area contributed by atoms with E-state index in [2.05, 4.69) is 25.2 Å². The minimum absolute atomic E-state index is 0.149. The molecule has 142 valence electrons. The van der Waals surface area contributed by atoms with E-state index >= 15 is 0 Å². The van der Waals surface area contributed by atoms with E-state index in [1.54, 1.807) is 23.5 Å². The van der Waals surface area contributed by atoms with Crippen molar-refractivity contribution in [3.8, 4) is 0 Å². The molecule has 0 unspecified atom stereocenters. The molecule has 8 heteroatoms. The Hall–Kier alpha value is -2.74. The van der Waals surface area contributed by atoms with Gasteiger partial charge in [-0.25, -0.2) is 14.8 Å². The molecular formula is C19H24N6O2. The van der Waals surface area contributed by atoms with Gasteiger partial charge in [0.1, 0.15) is 6.10 Å². The van der Waals surface area contributed by atoms with Crippen LogP contribution in [-0.2, 0) is 4.74 Å². The molecule has 2 aliphatic heterocycles. The molecule has 2 aromatic rings. The molecule has 4 heterocycles. The minimum Gasteiger partial charge on any atom is -0.368 e. The number of hydrogen-bond acceptors (Lipinski definition) is 6. The molecule has 4 rings (SSSR count). The van der Waals surface area contributed by atoms with Crippen LogP contribution >= 0.6 is 0 Å². The van der Waals surface area contributed by atoms with Crippen LogP contribution in [0.2, 0.25) is 0 Å². The lowest BCUT2D eigenvalue weighted by Crippen LogP contribution is -2.44. The lowest BCUT2D eigenvalue weighted by atomic mass is 10.2. The maximum Gasteiger partial charge on any atom is 0.322 e. The maximum absolute atomic E-state index is 12.6. The Kier molecular flexibility index (Phi) is 5.15. The number of anilines is 2. The largest absolute Gasteiger partial charge is 0.368 e. The number of urea groups is 1. The molecule has 8 nitrogen and oxygen atoms in total. The Balaban J connectivity index is 1.43.